The first-order chi connectivity index (χ1) is 7.89. The molecule has 0 spiro atoms. The highest BCUT2D eigenvalue weighted by molar-refractivity contribution is 4.93. The molecule has 0 radical (unpaired) electrons. The maximum atomic E-state index is 10.1. The van der Waals surface area contributed by atoms with Gasteiger partial charge in [0.2, 0.25) is 0 Å². The lowest BCUT2D eigenvalue weighted by molar-refractivity contribution is -0.390. The van der Waals surface area contributed by atoms with E-state index in [4.69, 9.17) is 23.7 Å². The van der Waals surface area contributed by atoms with Gasteiger partial charge in [-0.3, -0.25) is 0 Å². The predicted molar refractivity (Wildman–Crippen MR) is 55.0 cm³/mol. The van der Waals surface area contributed by atoms with E-state index in [0.29, 0.717) is 13.2 Å². The highest BCUT2D eigenvalue weighted by atomic mass is 16.9. The van der Waals surface area contributed by atoms with Crippen LogP contribution in [0.4, 0.5) is 0 Å². The van der Waals surface area contributed by atoms with Gasteiger partial charge in [-0.15, -0.1) is 0 Å². The Kier molecular flexibility index (Phi) is 2.52. The molecule has 0 aromatic heterocycles. The van der Waals surface area contributed by atoms with Crippen molar-refractivity contribution in [2.45, 2.75) is 56.9 Å². The van der Waals surface area contributed by atoms with Crippen LogP contribution in [0.3, 0.4) is 0 Å². The van der Waals surface area contributed by atoms with Crippen molar-refractivity contribution in [3.05, 3.63) is 0 Å². The van der Waals surface area contributed by atoms with E-state index in [9.17, 15) is 5.11 Å². The molecule has 98 valence electrons. The van der Waals surface area contributed by atoms with Crippen LogP contribution in [-0.4, -0.2) is 54.5 Å². The van der Waals surface area contributed by atoms with Crippen LogP contribution in [-0.2, 0) is 23.7 Å². The first-order valence-corrected chi connectivity index (χ1v) is 5.88. The molecular weight excluding hydrogens is 228 g/mol. The van der Waals surface area contributed by atoms with Crippen LogP contribution in [0.2, 0.25) is 0 Å². The number of ether oxygens (including phenoxy) is 5. The summed E-state index contributed by atoms with van der Waals surface area (Å²) in [4.78, 5) is 0. The molecule has 0 aromatic rings. The van der Waals surface area contributed by atoms with E-state index in [0.717, 1.165) is 0 Å². The third-order valence-electron chi connectivity index (χ3n) is 3.34. The summed E-state index contributed by atoms with van der Waals surface area (Å²) >= 11 is 0. The summed E-state index contributed by atoms with van der Waals surface area (Å²) < 4.78 is 27.7. The Hall–Kier alpha value is -0.240. The number of hydrogen-bond donors (Lipinski definition) is 1. The molecule has 3 saturated heterocycles. The zero-order valence-corrected chi connectivity index (χ0v) is 10.2. The van der Waals surface area contributed by atoms with Gasteiger partial charge in [0.25, 0.3) is 5.97 Å². The summed E-state index contributed by atoms with van der Waals surface area (Å²) in [5, 5.41) is 10.1. The molecule has 3 aliphatic rings. The number of aliphatic hydroxyl groups is 1. The molecule has 2 bridgehead atoms. The molecule has 17 heavy (non-hydrogen) atoms. The van der Waals surface area contributed by atoms with Gasteiger partial charge >= 0.3 is 0 Å². The van der Waals surface area contributed by atoms with Crippen molar-refractivity contribution in [3.63, 3.8) is 0 Å². The molecule has 0 aliphatic carbocycles. The molecule has 3 aliphatic heterocycles. The van der Waals surface area contributed by atoms with E-state index in [-0.39, 0.29) is 12.2 Å². The lowest BCUT2D eigenvalue weighted by Gasteiger charge is -2.39. The third kappa shape index (κ3) is 1.99. The third-order valence-corrected chi connectivity index (χ3v) is 3.34. The number of rotatable bonds is 1. The fraction of sp³-hybridized carbons (Fsp3) is 1.00. The molecule has 3 fully saturated rings. The summed E-state index contributed by atoms with van der Waals surface area (Å²) in [5.41, 5.74) is 0. The summed E-state index contributed by atoms with van der Waals surface area (Å²) in [7, 11) is 0. The van der Waals surface area contributed by atoms with Crippen LogP contribution >= 0.6 is 0 Å². The van der Waals surface area contributed by atoms with Crippen molar-refractivity contribution in [2.75, 3.05) is 13.2 Å². The molecule has 0 saturated carbocycles. The van der Waals surface area contributed by atoms with Crippen LogP contribution < -0.4 is 0 Å². The normalized spacial score (nSPS) is 52.9. The number of fused-ring (bicyclic) bond motifs is 2. The molecule has 6 heteroatoms. The van der Waals surface area contributed by atoms with Gasteiger partial charge in [0, 0.05) is 6.92 Å². The molecule has 3 heterocycles. The lowest BCUT2D eigenvalue weighted by Crippen LogP contribution is -2.56. The second-order valence-electron chi connectivity index (χ2n) is 5.27. The summed E-state index contributed by atoms with van der Waals surface area (Å²) in [5.74, 6) is -1.70. The molecule has 0 aromatic carbocycles. The van der Waals surface area contributed by atoms with Crippen LogP contribution in [0.25, 0.3) is 0 Å². The fourth-order valence-electron chi connectivity index (χ4n) is 2.51. The minimum absolute atomic E-state index is 0.299. The predicted octanol–water partition coefficient (Wildman–Crippen LogP) is -0.0133. The maximum absolute atomic E-state index is 10.1. The van der Waals surface area contributed by atoms with E-state index >= 15 is 0 Å². The first kappa shape index (κ1) is 11.8. The molecule has 6 nitrogen and oxygen atoms in total. The monoisotopic (exact) mass is 246 g/mol. The van der Waals surface area contributed by atoms with Crippen LogP contribution in [0.15, 0.2) is 0 Å². The van der Waals surface area contributed by atoms with E-state index in [1.807, 2.05) is 13.8 Å². The van der Waals surface area contributed by atoms with Gasteiger partial charge in [-0.05, 0) is 13.8 Å². The highest BCUT2D eigenvalue weighted by Crippen LogP contribution is 2.38. The largest absolute Gasteiger partial charge is 0.387 e. The van der Waals surface area contributed by atoms with Gasteiger partial charge in [0.15, 0.2) is 5.79 Å². The van der Waals surface area contributed by atoms with Gasteiger partial charge < -0.3 is 28.8 Å². The quantitative estimate of drug-likeness (QED) is 0.701. The Morgan fingerprint density at radius 1 is 0.941 bits per heavy atom. The van der Waals surface area contributed by atoms with Crippen LogP contribution in [0, 0.1) is 0 Å². The first-order valence-electron chi connectivity index (χ1n) is 5.88. The Bertz CT molecular complexity index is 319. The van der Waals surface area contributed by atoms with Crippen molar-refractivity contribution < 1.29 is 28.8 Å². The fourth-order valence-corrected chi connectivity index (χ4v) is 2.51. The summed E-state index contributed by atoms with van der Waals surface area (Å²) in [6.07, 6.45) is -1.89. The Balaban J connectivity index is 1.75. The number of aliphatic hydroxyl groups excluding tert-OH is 1. The van der Waals surface area contributed by atoms with Crippen LogP contribution in [0.1, 0.15) is 20.8 Å². The Labute approximate surface area is 99.7 Å². The molecule has 1 N–H and O–H groups in total. The molecular formula is C11H18O6. The summed E-state index contributed by atoms with van der Waals surface area (Å²) in [6, 6.07) is 0. The van der Waals surface area contributed by atoms with Gasteiger partial charge in [0.05, 0.1) is 13.2 Å². The second kappa shape index (κ2) is 3.63. The van der Waals surface area contributed by atoms with E-state index in [1.54, 1.807) is 6.92 Å². The van der Waals surface area contributed by atoms with E-state index in [1.165, 1.54) is 0 Å². The van der Waals surface area contributed by atoms with Crippen LogP contribution in [0.5, 0.6) is 0 Å². The van der Waals surface area contributed by atoms with Gasteiger partial charge in [-0.25, -0.2) is 0 Å². The van der Waals surface area contributed by atoms with E-state index < -0.39 is 24.0 Å². The van der Waals surface area contributed by atoms with Gasteiger partial charge in [0.1, 0.15) is 24.4 Å². The average Bonchev–Trinajstić information content (AvgIpc) is 2.75. The molecule has 0 amide bonds. The number of hydrogen-bond acceptors (Lipinski definition) is 6. The molecule has 3 rings (SSSR count). The standard InChI is InChI=1S/C11H18O6/c1-10(2)13-5-7(15-10)9-8(12)6-4-14-11(3,16-6)17-9/h6-9,12H,4-5H2,1-3H3/t6-,7-,8-,9-,11?/m1/s1. The topological polar surface area (TPSA) is 66.4 Å². The maximum Gasteiger partial charge on any atom is 0.280 e. The minimum Gasteiger partial charge on any atom is -0.387 e. The summed E-state index contributed by atoms with van der Waals surface area (Å²) in [6.45, 7) is 6.12. The van der Waals surface area contributed by atoms with Crippen molar-refractivity contribution in [2.24, 2.45) is 0 Å². The van der Waals surface area contributed by atoms with Gasteiger partial charge in [-0.1, -0.05) is 0 Å². The van der Waals surface area contributed by atoms with Crippen molar-refractivity contribution >= 4 is 0 Å². The average molecular weight is 246 g/mol. The zero-order valence-electron chi connectivity index (χ0n) is 10.2. The second-order valence-corrected chi connectivity index (χ2v) is 5.27. The van der Waals surface area contributed by atoms with Crippen molar-refractivity contribution in [3.8, 4) is 0 Å². The zero-order chi connectivity index (χ0) is 12.3. The lowest BCUT2D eigenvalue weighted by atomic mass is 10.0. The molecule has 5 atom stereocenters. The Morgan fingerprint density at radius 3 is 2.29 bits per heavy atom. The SMILES string of the molecule is CC1(C)OC[C@H]([C@H]2OC3(C)OC[C@@H](O3)[C@H]2O)O1. The smallest absolute Gasteiger partial charge is 0.280 e. The van der Waals surface area contributed by atoms with Crippen molar-refractivity contribution in [1.29, 1.82) is 0 Å². The Morgan fingerprint density at radius 2 is 1.65 bits per heavy atom. The molecule has 1 unspecified atom stereocenters. The van der Waals surface area contributed by atoms with Crippen molar-refractivity contribution in [1.82, 2.24) is 0 Å². The highest BCUT2D eigenvalue weighted by Gasteiger charge is 2.55. The van der Waals surface area contributed by atoms with E-state index in [2.05, 4.69) is 0 Å². The minimum atomic E-state index is -1.06. The van der Waals surface area contributed by atoms with Gasteiger partial charge in [-0.2, -0.15) is 0 Å².